The van der Waals surface area contributed by atoms with Gasteiger partial charge in [0.2, 0.25) is 0 Å². The van der Waals surface area contributed by atoms with Gasteiger partial charge in [-0.15, -0.1) is 0 Å². The van der Waals surface area contributed by atoms with Crippen molar-refractivity contribution in [1.82, 2.24) is 10.2 Å². The zero-order chi connectivity index (χ0) is 17.7. The lowest BCUT2D eigenvalue weighted by Gasteiger charge is -2.21. The number of rotatable bonds is 4. The Morgan fingerprint density at radius 3 is 2.54 bits per heavy atom. The predicted molar refractivity (Wildman–Crippen MR) is 97.2 cm³/mol. The van der Waals surface area contributed by atoms with Crippen LogP contribution in [-0.2, 0) is 16.1 Å². The summed E-state index contributed by atoms with van der Waals surface area (Å²) in [6.07, 6.45) is 0. The van der Waals surface area contributed by atoms with E-state index in [1.807, 2.05) is 14.1 Å². The molecule has 0 aliphatic carbocycles. The standard InChI is InChI=1S/C18H28N4O2/c1-13-11-22(12-16(13)17(23)24-5)18(19-2)20-10-14-6-8-15(9-7-14)21(3)4/h6-9,13,16H,10-12H2,1-5H3,(H,19,20). The van der Waals surface area contributed by atoms with Gasteiger partial charge in [0.1, 0.15) is 0 Å². The maximum absolute atomic E-state index is 11.8. The summed E-state index contributed by atoms with van der Waals surface area (Å²) in [5.41, 5.74) is 2.37. The number of nitrogens with one attached hydrogen (secondary N) is 1. The van der Waals surface area contributed by atoms with Crippen molar-refractivity contribution in [2.24, 2.45) is 16.8 Å². The van der Waals surface area contributed by atoms with Crippen LogP contribution >= 0.6 is 0 Å². The lowest BCUT2D eigenvalue weighted by molar-refractivity contribution is -0.145. The van der Waals surface area contributed by atoms with E-state index in [4.69, 9.17) is 4.74 Å². The van der Waals surface area contributed by atoms with Crippen molar-refractivity contribution in [3.63, 3.8) is 0 Å². The Bertz CT molecular complexity index is 583. The molecule has 1 aromatic carbocycles. The molecule has 2 atom stereocenters. The molecule has 1 fully saturated rings. The second-order valence-corrected chi connectivity index (χ2v) is 6.47. The Morgan fingerprint density at radius 1 is 1.33 bits per heavy atom. The van der Waals surface area contributed by atoms with Crippen LogP contribution in [0.4, 0.5) is 5.69 Å². The summed E-state index contributed by atoms with van der Waals surface area (Å²) >= 11 is 0. The zero-order valence-electron chi connectivity index (χ0n) is 15.2. The van der Waals surface area contributed by atoms with Gasteiger partial charge in [-0.05, 0) is 23.6 Å². The largest absolute Gasteiger partial charge is 0.469 e. The number of hydrogen-bond acceptors (Lipinski definition) is 4. The van der Waals surface area contributed by atoms with E-state index >= 15 is 0 Å². The number of ether oxygens (including phenoxy) is 1. The minimum Gasteiger partial charge on any atom is -0.469 e. The molecule has 0 spiro atoms. The molecule has 0 bridgehead atoms. The van der Waals surface area contributed by atoms with Gasteiger partial charge in [0, 0.05) is 46.5 Å². The lowest BCUT2D eigenvalue weighted by Crippen LogP contribution is -2.40. The first-order valence-corrected chi connectivity index (χ1v) is 8.26. The maximum Gasteiger partial charge on any atom is 0.310 e. The Labute approximate surface area is 144 Å². The van der Waals surface area contributed by atoms with Gasteiger partial charge in [0.15, 0.2) is 5.96 Å². The molecule has 1 saturated heterocycles. The summed E-state index contributed by atoms with van der Waals surface area (Å²) in [6.45, 7) is 4.23. The molecule has 1 aliphatic heterocycles. The second kappa shape index (κ2) is 8.04. The number of carbonyl (C=O) groups is 1. The molecular weight excluding hydrogens is 304 g/mol. The number of esters is 1. The molecule has 0 radical (unpaired) electrons. The molecule has 132 valence electrons. The Kier molecular flexibility index (Phi) is 6.06. The van der Waals surface area contributed by atoms with Gasteiger partial charge >= 0.3 is 5.97 Å². The van der Waals surface area contributed by atoms with Gasteiger partial charge in [0.05, 0.1) is 13.0 Å². The van der Waals surface area contributed by atoms with Gasteiger partial charge in [-0.1, -0.05) is 19.1 Å². The fraction of sp³-hybridized carbons (Fsp3) is 0.556. The molecule has 1 aliphatic rings. The van der Waals surface area contributed by atoms with E-state index in [0.717, 1.165) is 12.5 Å². The molecule has 0 aromatic heterocycles. The molecule has 6 nitrogen and oxygen atoms in total. The highest BCUT2D eigenvalue weighted by Gasteiger charge is 2.36. The first-order chi connectivity index (χ1) is 11.5. The molecule has 0 saturated carbocycles. The monoisotopic (exact) mass is 332 g/mol. The Hall–Kier alpha value is -2.24. The quantitative estimate of drug-likeness (QED) is 0.515. The van der Waals surface area contributed by atoms with Gasteiger partial charge < -0.3 is 19.9 Å². The number of nitrogens with zero attached hydrogens (tertiary/aromatic N) is 3. The van der Waals surface area contributed by atoms with Crippen LogP contribution in [0.15, 0.2) is 29.3 Å². The summed E-state index contributed by atoms with van der Waals surface area (Å²) in [5.74, 6) is 0.855. The van der Waals surface area contributed by atoms with E-state index in [-0.39, 0.29) is 17.8 Å². The summed E-state index contributed by atoms with van der Waals surface area (Å²) in [5, 5.41) is 3.38. The van der Waals surface area contributed by atoms with Gasteiger partial charge in [-0.2, -0.15) is 0 Å². The van der Waals surface area contributed by atoms with Crippen molar-refractivity contribution in [2.45, 2.75) is 13.5 Å². The molecule has 2 unspecified atom stereocenters. The minimum absolute atomic E-state index is 0.0899. The molecule has 2 rings (SSSR count). The van der Waals surface area contributed by atoms with Crippen molar-refractivity contribution >= 4 is 17.6 Å². The number of benzene rings is 1. The molecule has 1 N–H and O–H groups in total. The fourth-order valence-corrected chi connectivity index (χ4v) is 3.02. The van der Waals surface area contributed by atoms with Crippen molar-refractivity contribution < 1.29 is 9.53 Å². The lowest BCUT2D eigenvalue weighted by atomic mass is 9.99. The summed E-state index contributed by atoms with van der Waals surface area (Å²) in [4.78, 5) is 20.4. The number of anilines is 1. The SMILES string of the molecule is CN=C(NCc1ccc(N(C)C)cc1)N1CC(C)C(C(=O)OC)C1. The number of methoxy groups -OCH3 is 1. The molecular formula is C18H28N4O2. The van der Waals surface area contributed by atoms with Crippen LogP contribution < -0.4 is 10.2 Å². The molecule has 1 heterocycles. The number of hydrogen-bond donors (Lipinski definition) is 1. The third-order valence-corrected chi connectivity index (χ3v) is 4.53. The van der Waals surface area contributed by atoms with E-state index in [1.54, 1.807) is 7.05 Å². The number of likely N-dealkylation sites (tertiary alicyclic amines) is 1. The smallest absolute Gasteiger partial charge is 0.310 e. The second-order valence-electron chi connectivity index (χ2n) is 6.47. The predicted octanol–water partition coefficient (Wildman–Crippen LogP) is 1.57. The average Bonchev–Trinajstić information content (AvgIpc) is 2.96. The van der Waals surface area contributed by atoms with Gasteiger partial charge in [-0.25, -0.2) is 0 Å². The number of aliphatic imine (C=N–C) groups is 1. The van der Waals surface area contributed by atoms with Crippen LogP contribution in [0.5, 0.6) is 0 Å². The highest BCUT2D eigenvalue weighted by molar-refractivity contribution is 5.82. The first-order valence-electron chi connectivity index (χ1n) is 8.26. The molecule has 1 aromatic rings. The average molecular weight is 332 g/mol. The highest BCUT2D eigenvalue weighted by Crippen LogP contribution is 2.24. The van der Waals surface area contributed by atoms with Crippen LogP contribution in [0.2, 0.25) is 0 Å². The third kappa shape index (κ3) is 4.19. The Morgan fingerprint density at radius 2 is 2.00 bits per heavy atom. The molecule has 24 heavy (non-hydrogen) atoms. The van der Waals surface area contributed by atoms with Crippen LogP contribution in [0.3, 0.4) is 0 Å². The minimum atomic E-state index is -0.139. The number of guanidine groups is 1. The van der Waals surface area contributed by atoms with Crippen LogP contribution in [0, 0.1) is 11.8 Å². The third-order valence-electron chi connectivity index (χ3n) is 4.53. The van der Waals surface area contributed by atoms with Gasteiger partial charge in [0.25, 0.3) is 0 Å². The molecule has 0 amide bonds. The van der Waals surface area contributed by atoms with E-state index < -0.39 is 0 Å². The summed E-state index contributed by atoms with van der Waals surface area (Å²) in [6, 6.07) is 8.43. The van der Waals surface area contributed by atoms with Crippen molar-refractivity contribution in [3.8, 4) is 0 Å². The fourth-order valence-electron chi connectivity index (χ4n) is 3.02. The number of carbonyl (C=O) groups excluding carboxylic acids is 1. The highest BCUT2D eigenvalue weighted by atomic mass is 16.5. The normalized spacial score (nSPS) is 20.9. The first kappa shape index (κ1) is 18.1. The van der Waals surface area contributed by atoms with Crippen molar-refractivity contribution in [2.75, 3.05) is 46.2 Å². The van der Waals surface area contributed by atoms with E-state index in [0.29, 0.717) is 13.1 Å². The topological polar surface area (TPSA) is 57.2 Å². The molecule has 6 heteroatoms. The van der Waals surface area contributed by atoms with Crippen molar-refractivity contribution in [1.29, 1.82) is 0 Å². The van der Waals surface area contributed by atoms with Crippen molar-refractivity contribution in [3.05, 3.63) is 29.8 Å². The van der Waals surface area contributed by atoms with Gasteiger partial charge in [-0.3, -0.25) is 9.79 Å². The zero-order valence-corrected chi connectivity index (χ0v) is 15.2. The van der Waals surface area contributed by atoms with Crippen LogP contribution in [0.1, 0.15) is 12.5 Å². The van der Waals surface area contributed by atoms with Crippen LogP contribution in [-0.4, -0.2) is 58.2 Å². The maximum atomic E-state index is 11.8. The summed E-state index contributed by atoms with van der Waals surface area (Å²) in [7, 11) is 7.28. The van der Waals surface area contributed by atoms with E-state index in [1.165, 1.54) is 18.4 Å². The van der Waals surface area contributed by atoms with E-state index in [9.17, 15) is 4.79 Å². The van der Waals surface area contributed by atoms with E-state index in [2.05, 4.69) is 51.3 Å². The van der Waals surface area contributed by atoms with Crippen LogP contribution in [0.25, 0.3) is 0 Å². The Balaban J connectivity index is 1.94. The summed E-state index contributed by atoms with van der Waals surface area (Å²) < 4.78 is 4.90.